The lowest BCUT2D eigenvalue weighted by molar-refractivity contribution is -0.140. The zero-order valence-corrected chi connectivity index (χ0v) is 14.7. The summed E-state index contributed by atoms with van der Waals surface area (Å²) < 4.78 is 43.0. The lowest BCUT2D eigenvalue weighted by atomic mass is 10.3. The van der Waals surface area contributed by atoms with Crippen molar-refractivity contribution in [3.8, 4) is 0 Å². The van der Waals surface area contributed by atoms with Crippen molar-refractivity contribution in [2.45, 2.75) is 38.9 Å². The molecule has 0 spiro atoms. The van der Waals surface area contributed by atoms with Crippen molar-refractivity contribution in [2.24, 2.45) is 4.99 Å². The summed E-state index contributed by atoms with van der Waals surface area (Å²) in [6.45, 7) is 3.53. The third-order valence-electron chi connectivity index (χ3n) is 3.28. The van der Waals surface area contributed by atoms with Crippen LogP contribution >= 0.6 is 11.3 Å². The van der Waals surface area contributed by atoms with E-state index >= 15 is 0 Å². The Morgan fingerprint density at radius 3 is 2.76 bits per heavy atom. The Balaban J connectivity index is 1.90. The monoisotopic (exact) mass is 374 g/mol. The maximum atomic E-state index is 12.6. The fourth-order valence-electron chi connectivity index (χ4n) is 1.98. The lowest BCUT2D eigenvalue weighted by Gasteiger charge is -2.11. The van der Waals surface area contributed by atoms with Crippen molar-refractivity contribution in [1.82, 2.24) is 15.6 Å². The molecule has 0 saturated heterocycles. The molecule has 25 heavy (non-hydrogen) atoms. The molecule has 0 bridgehead atoms. The Hall–Kier alpha value is -2.03. The minimum atomic E-state index is -4.41. The SMILES string of the molecule is CCCCNC(=NCc1nc(C(F)(F)F)cs1)NCCc1ccco1. The maximum Gasteiger partial charge on any atom is 0.434 e. The highest BCUT2D eigenvalue weighted by Gasteiger charge is 2.33. The van der Waals surface area contributed by atoms with Gasteiger partial charge in [-0.1, -0.05) is 13.3 Å². The molecule has 0 unspecified atom stereocenters. The van der Waals surface area contributed by atoms with E-state index in [1.54, 1.807) is 6.26 Å². The largest absolute Gasteiger partial charge is 0.469 e. The molecule has 0 fully saturated rings. The number of unbranched alkanes of at least 4 members (excludes halogenated alkanes) is 1. The first-order valence-electron chi connectivity index (χ1n) is 8.05. The summed E-state index contributed by atoms with van der Waals surface area (Å²) >= 11 is 0.960. The lowest BCUT2D eigenvalue weighted by Crippen LogP contribution is -2.38. The molecular formula is C16H21F3N4OS. The van der Waals surface area contributed by atoms with Gasteiger partial charge in [-0.05, 0) is 18.6 Å². The molecule has 2 N–H and O–H groups in total. The van der Waals surface area contributed by atoms with Gasteiger partial charge in [-0.3, -0.25) is 0 Å². The molecule has 2 aromatic heterocycles. The molecule has 0 amide bonds. The standard InChI is InChI=1S/C16H21F3N4OS/c1-2-3-7-20-15(21-8-6-12-5-4-9-24-12)22-10-14-23-13(11-25-14)16(17,18)19/h4-5,9,11H,2-3,6-8,10H2,1H3,(H2,20,21,22). The second-order valence-corrected chi connectivity index (χ2v) is 6.27. The van der Waals surface area contributed by atoms with E-state index in [2.05, 4.69) is 27.5 Å². The number of furan rings is 1. The number of aromatic nitrogens is 1. The normalized spacial score (nSPS) is 12.4. The number of hydrogen-bond donors (Lipinski definition) is 2. The molecule has 9 heteroatoms. The number of nitrogens with one attached hydrogen (secondary N) is 2. The van der Waals surface area contributed by atoms with Gasteiger partial charge in [-0.15, -0.1) is 11.3 Å². The molecule has 2 rings (SSSR count). The second kappa shape index (κ2) is 9.45. The Morgan fingerprint density at radius 2 is 2.12 bits per heavy atom. The zero-order valence-electron chi connectivity index (χ0n) is 13.9. The number of halogens is 3. The van der Waals surface area contributed by atoms with Gasteiger partial charge in [-0.2, -0.15) is 13.2 Å². The second-order valence-electron chi connectivity index (χ2n) is 5.33. The maximum absolute atomic E-state index is 12.6. The summed E-state index contributed by atoms with van der Waals surface area (Å²) in [6.07, 6.45) is -0.0914. The third kappa shape index (κ3) is 6.77. The van der Waals surface area contributed by atoms with Gasteiger partial charge in [-0.25, -0.2) is 9.98 Å². The molecule has 0 aliphatic carbocycles. The minimum Gasteiger partial charge on any atom is -0.469 e. The molecule has 2 aromatic rings. The topological polar surface area (TPSA) is 62.5 Å². The predicted octanol–water partition coefficient (Wildman–Crippen LogP) is 3.83. The van der Waals surface area contributed by atoms with Gasteiger partial charge in [0.25, 0.3) is 0 Å². The van der Waals surface area contributed by atoms with Crippen molar-refractivity contribution in [3.63, 3.8) is 0 Å². The van der Waals surface area contributed by atoms with Gasteiger partial charge in [0.15, 0.2) is 11.7 Å². The number of rotatable bonds is 8. The molecule has 0 atom stereocenters. The van der Waals surface area contributed by atoms with Crippen LogP contribution in [0.3, 0.4) is 0 Å². The first kappa shape index (κ1) is 19.3. The van der Waals surface area contributed by atoms with Crippen molar-refractivity contribution >= 4 is 17.3 Å². The van der Waals surface area contributed by atoms with E-state index in [-0.39, 0.29) is 6.54 Å². The van der Waals surface area contributed by atoms with Crippen LogP contribution in [0.1, 0.15) is 36.2 Å². The van der Waals surface area contributed by atoms with Crippen LogP contribution in [0.4, 0.5) is 13.2 Å². The van der Waals surface area contributed by atoms with Crippen molar-refractivity contribution in [1.29, 1.82) is 0 Å². The molecule has 138 valence electrons. The molecule has 0 aliphatic heterocycles. The van der Waals surface area contributed by atoms with E-state index in [9.17, 15) is 13.2 Å². The van der Waals surface area contributed by atoms with E-state index in [0.29, 0.717) is 23.9 Å². The van der Waals surface area contributed by atoms with Crippen molar-refractivity contribution in [3.05, 3.63) is 40.2 Å². The summed E-state index contributed by atoms with van der Waals surface area (Å²) in [5.41, 5.74) is -0.867. The molecule has 0 aromatic carbocycles. The Bertz CT molecular complexity index is 653. The summed E-state index contributed by atoms with van der Waals surface area (Å²) in [6, 6.07) is 3.71. The predicted molar refractivity (Wildman–Crippen MR) is 91.6 cm³/mol. The number of nitrogens with zero attached hydrogens (tertiary/aromatic N) is 2. The average molecular weight is 374 g/mol. The fraction of sp³-hybridized carbons (Fsp3) is 0.500. The Labute approximate surface area is 148 Å². The van der Waals surface area contributed by atoms with Crippen molar-refractivity contribution < 1.29 is 17.6 Å². The summed E-state index contributed by atoms with van der Waals surface area (Å²) in [7, 11) is 0. The van der Waals surface area contributed by atoms with Gasteiger partial charge >= 0.3 is 6.18 Å². The van der Waals surface area contributed by atoms with Crippen LogP contribution in [0.2, 0.25) is 0 Å². The minimum absolute atomic E-state index is 0.100. The van der Waals surface area contributed by atoms with E-state index < -0.39 is 11.9 Å². The van der Waals surface area contributed by atoms with Gasteiger partial charge < -0.3 is 15.1 Å². The molecule has 5 nitrogen and oxygen atoms in total. The molecule has 0 radical (unpaired) electrons. The number of hydrogen-bond acceptors (Lipinski definition) is 4. The first-order valence-corrected chi connectivity index (χ1v) is 8.93. The quantitative estimate of drug-likeness (QED) is 0.419. The number of alkyl halides is 3. The summed E-state index contributed by atoms with van der Waals surface area (Å²) in [5.74, 6) is 1.42. The van der Waals surface area contributed by atoms with Crippen LogP contribution < -0.4 is 10.6 Å². The van der Waals surface area contributed by atoms with Crippen LogP contribution in [0.5, 0.6) is 0 Å². The summed E-state index contributed by atoms with van der Waals surface area (Å²) in [5, 5.41) is 7.67. The van der Waals surface area contributed by atoms with Gasteiger partial charge in [0.2, 0.25) is 0 Å². The zero-order chi connectivity index (χ0) is 18.1. The van der Waals surface area contributed by atoms with Crippen LogP contribution in [-0.2, 0) is 19.1 Å². The third-order valence-corrected chi connectivity index (χ3v) is 4.11. The average Bonchev–Trinajstić information content (AvgIpc) is 3.23. The molecular weight excluding hydrogens is 353 g/mol. The van der Waals surface area contributed by atoms with Crippen LogP contribution in [0.15, 0.2) is 33.2 Å². The van der Waals surface area contributed by atoms with Crippen LogP contribution in [0, 0.1) is 0 Å². The number of guanidine groups is 1. The Morgan fingerprint density at radius 1 is 1.32 bits per heavy atom. The van der Waals surface area contributed by atoms with Crippen molar-refractivity contribution in [2.75, 3.05) is 13.1 Å². The smallest absolute Gasteiger partial charge is 0.434 e. The van der Waals surface area contributed by atoms with Gasteiger partial charge in [0.05, 0.1) is 12.8 Å². The van der Waals surface area contributed by atoms with E-state index in [4.69, 9.17) is 4.42 Å². The summed E-state index contributed by atoms with van der Waals surface area (Å²) in [4.78, 5) is 7.91. The van der Waals surface area contributed by atoms with Crippen LogP contribution in [-0.4, -0.2) is 24.0 Å². The highest BCUT2D eigenvalue weighted by atomic mass is 32.1. The highest BCUT2D eigenvalue weighted by Crippen LogP contribution is 2.30. The molecule has 0 saturated carbocycles. The number of thiazole rings is 1. The highest BCUT2D eigenvalue weighted by molar-refractivity contribution is 7.09. The number of aliphatic imine (C=N–C) groups is 1. The Kier molecular flexibility index (Phi) is 7.30. The molecule has 0 aliphatic rings. The van der Waals surface area contributed by atoms with E-state index in [1.807, 2.05) is 12.1 Å². The van der Waals surface area contributed by atoms with Crippen LogP contribution in [0.25, 0.3) is 0 Å². The van der Waals surface area contributed by atoms with E-state index in [1.165, 1.54) is 0 Å². The first-order chi connectivity index (χ1) is 12.0. The fourth-order valence-corrected chi connectivity index (χ4v) is 2.70. The van der Waals surface area contributed by atoms with Gasteiger partial charge in [0, 0.05) is 24.9 Å². The molecule has 2 heterocycles. The van der Waals surface area contributed by atoms with E-state index in [0.717, 1.165) is 41.9 Å². The van der Waals surface area contributed by atoms with Gasteiger partial charge in [0.1, 0.15) is 10.8 Å².